The lowest BCUT2D eigenvalue weighted by molar-refractivity contribution is -0.137. The number of nitrogens with zero attached hydrogens (tertiary/aromatic N) is 3. The van der Waals surface area contributed by atoms with Crippen molar-refractivity contribution >= 4 is 58.2 Å². The fraction of sp³-hybridized carbons (Fsp3) is 0.133. The topological polar surface area (TPSA) is 22.8 Å². The maximum Gasteiger partial charge on any atom is 0.416 e. The Morgan fingerprint density at radius 1 is 0.963 bits per heavy atom. The van der Waals surface area contributed by atoms with Gasteiger partial charge in [0, 0.05) is 12.4 Å². The summed E-state index contributed by atoms with van der Waals surface area (Å²) in [6.07, 6.45) is -0.133. The minimum absolute atomic E-state index is 0.00418. The Bertz CT molecular complexity index is 942. The van der Waals surface area contributed by atoms with E-state index in [1.54, 1.807) is 29.1 Å². The minimum Gasteiger partial charge on any atom is -0.308 e. The summed E-state index contributed by atoms with van der Waals surface area (Å²) >= 11 is 23.4. The van der Waals surface area contributed by atoms with Gasteiger partial charge in [0.05, 0.1) is 26.7 Å². The van der Waals surface area contributed by atoms with Gasteiger partial charge in [0.15, 0.2) is 5.82 Å². The second-order valence-corrected chi connectivity index (χ2v) is 8.87. The van der Waals surface area contributed by atoms with Crippen LogP contribution in [0.1, 0.15) is 5.56 Å². The molecule has 144 valence electrons. The minimum atomic E-state index is -4.62. The zero-order valence-corrected chi connectivity index (χ0v) is 16.7. The molecule has 0 bridgehead atoms. The number of benzene rings is 1. The highest BCUT2D eigenvalue weighted by atomic mass is 35.5. The fourth-order valence-corrected chi connectivity index (χ4v) is 4.11. The lowest BCUT2D eigenvalue weighted by atomic mass is 10.2. The molecule has 0 unspecified atom stereocenters. The molecule has 2 heterocycles. The van der Waals surface area contributed by atoms with Crippen molar-refractivity contribution in [2.75, 3.05) is 0 Å². The predicted octanol–water partition coefficient (Wildman–Crippen LogP) is 7.14. The molecule has 0 fully saturated rings. The number of aromatic nitrogens is 3. The number of rotatable bonds is 4. The number of hydrogen-bond donors (Lipinski definition) is 0. The van der Waals surface area contributed by atoms with Crippen LogP contribution in [0.2, 0.25) is 10.0 Å². The van der Waals surface area contributed by atoms with Crippen molar-refractivity contribution in [3.8, 4) is 11.5 Å². The second kappa shape index (κ2) is 7.40. The Labute approximate surface area is 174 Å². The van der Waals surface area contributed by atoms with E-state index in [1.165, 1.54) is 10.9 Å². The monoisotopic (exact) mass is 477 g/mol. The van der Waals surface area contributed by atoms with Crippen LogP contribution in [0.5, 0.6) is 0 Å². The molecule has 0 aliphatic rings. The summed E-state index contributed by atoms with van der Waals surface area (Å²) in [5.41, 5.74) is -1.01. The molecule has 3 rings (SSSR count). The summed E-state index contributed by atoms with van der Waals surface area (Å²) in [6.45, 7) is 0. The van der Waals surface area contributed by atoms with Crippen molar-refractivity contribution in [2.24, 2.45) is 0 Å². The summed E-state index contributed by atoms with van der Waals surface area (Å²) < 4.78 is 52.7. The quantitative estimate of drug-likeness (QED) is 0.226. The van der Waals surface area contributed by atoms with Crippen LogP contribution in [-0.4, -0.2) is 18.3 Å². The van der Waals surface area contributed by atoms with E-state index >= 15 is 0 Å². The standard InChI is InChI=1S/C15H7Cl4F4N3S/c16-9-5-8(14(20,21)22)6-10(17)12(9)26-13(25-3-1-2-4-25)11(7-24-26)27-15(18,19)23/h1-7H. The molecule has 0 aliphatic carbocycles. The van der Waals surface area contributed by atoms with Gasteiger partial charge in [-0.1, -0.05) is 46.4 Å². The summed E-state index contributed by atoms with van der Waals surface area (Å²) in [7, 11) is 0. The van der Waals surface area contributed by atoms with Gasteiger partial charge in [0.25, 0.3) is 0 Å². The van der Waals surface area contributed by atoms with Gasteiger partial charge in [0.1, 0.15) is 5.69 Å². The molecule has 0 saturated carbocycles. The van der Waals surface area contributed by atoms with E-state index in [4.69, 9.17) is 46.4 Å². The van der Waals surface area contributed by atoms with Crippen LogP contribution in [0.25, 0.3) is 11.5 Å². The molecular formula is C15H7Cl4F4N3S. The Balaban J connectivity index is 2.21. The summed E-state index contributed by atoms with van der Waals surface area (Å²) in [6, 6.07) is 4.84. The molecule has 0 N–H and O–H groups in total. The maximum absolute atomic E-state index is 13.7. The third-order valence-electron chi connectivity index (χ3n) is 3.34. The van der Waals surface area contributed by atoms with Gasteiger partial charge in [-0.15, -0.1) is 0 Å². The van der Waals surface area contributed by atoms with Gasteiger partial charge < -0.3 is 4.57 Å². The zero-order chi connectivity index (χ0) is 20.0. The molecule has 0 atom stereocenters. The smallest absolute Gasteiger partial charge is 0.308 e. The number of alkyl halides is 6. The van der Waals surface area contributed by atoms with Gasteiger partial charge in [-0.25, -0.2) is 4.68 Å². The van der Waals surface area contributed by atoms with E-state index < -0.39 is 15.7 Å². The van der Waals surface area contributed by atoms with Gasteiger partial charge in [-0.3, -0.25) is 0 Å². The number of hydrogen-bond acceptors (Lipinski definition) is 2. The third-order valence-corrected chi connectivity index (χ3v) is 5.12. The molecule has 0 aliphatic heterocycles. The van der Waals surface area contributed by atoms with Crippen LogP contribution in [0.3, 0.4) is 0 Å². The molecule has 2 aromatic heterocycles. The Morgan fingerprint density at radius 3 is 2.00 bits per heavy atom. The highest BCUT2D eigenvalue weighted by molar-refractivity contribution is 8.03. The van der Waals surface area contributed by atoms with Crippen LogP contribution in [0, 0.1) is 0 Å². The van der Waals surface area contributed by atoms with E-state index in [0.29, 0.717) is 11.8 Å². The largest absolute Gasteiger partial charge is 0.416 e. The predicted molar refractivity (Wildman–Crippen MR) is 99.3 cm³/mol. The van der Waals surface area contributed by atoms with Crippen molar-refractivity contribution in [3.63, 3.8) is 0 Å². The molecule has 0 amide bonds. The van der Waals surface area contributed by atoms with Crippen LogP contribution in [0.15, 0.2) is 47.8 Å². The average molecular weight is 479 g/mol. The molecule has 3 aromatic rings. The van der Waals surface area contributed by atoms with Crippen LogP contribution in [0.4, 0.5) is 17.6 Å². The Hall–Kier alpha value is -1.06. The van der Waals surface area contributed by atoms with Crippen molar-refractivity contribution in [1.82, 2.24) is 14.3 Å². The Morgan fingerprint density at radius 2 is 1.52 bits per heavy atom. The van der Waals surface area contributed by atoms with Crippen LogP contribution >= 0.6 is 58.2 Å². The normalized spacial score (nSPS) is 12.6. The lowest BCUT2D eigenvalue weighted by Gasteiger charge is -2.16. The third kappa shape index (κ3) is 4.51. The first-order valence-electron chi connectivity index (χ1n) is 7.01. The van der Waals surface area contributed by atoms with E-state index in [-0.39, 0.29) is 26.4 Å². The van der Waals surface area contributed by atoms with Crippen molar-refractivity contribution in [1.29, 1.82) is 0 Å². The lowest BCUT2D eigenvalue weighted by Crippen LogP contribution is -2.10. The number of halogens is 8. The van der Waals surface area contributed by atoms with Crippen molar-refractivity contribution < 1.29 is 17.6 Å². The molecular weight excluding hydrogens is 472 g/mol. The summed E-state index contributed by atoms with van der Waals surface area (Å²) in [5, 5.41) is 3.51. The first kappa shape index (κ1) is 20.7. The van der Waals surface area contributed by atoms with Crippen molar-refractivity contribution in [3.05, 3.63) is 58.5 Å². The molecule has 27 heavy (non-hydrogen) atoms. The van der Waals surface area contributed by atoms with Gasteiger partial charge in [-0.2, -0.15) is 22.7 Å². The molecule has 1 aromatic carbocycles. The van der Waals surface area contributed by atoms with Crippen molar-refractivity contribution in [2.45, 2.75) is 15.0 Å². The second-order valence-electron chi connectivity index (χ2n) is 5.17. The Kier molecular flexibility index (Phi) is 5.67. The van der Waals surface area contributed by atoms with Crippen LogP contribution < -0.4 is 0 Å². The van der Waals surface area contributed by atoms with Gasteiger partial charge in [-0.05, 0) is 36.0 Å². The highest BCUT2D eigenvalue weighted by Crippen LogP contribution is 2.45. The zero-order valence-electron chi connectivity index (χ0n) is 12.8. The van der Waals surface area contributed by atoms with E-state index in [1.807, 2.05) is 0 Å². The number of thioether (sulfide) groups is 1. The van der Waals surface area contributed by atoms with Gasteiger partial charge in [0.2, 0.25) is 0 Å². The van der Waals surface area contributed by atoms with Gasteiger partial charge >= 0.3 is 10.1 Å². The first-order chi connectivity index (χ1) is 12.5. The summed E-state index contributed by atoms with van der Waals surface area (Å²) in [4.78, 5) is 0.214. The molecule has 0 saturated heterocycles. The molecule has 0 spiro atoms. The molecule has 12 heteroatoms. The van der Waals surface area contributed by atoms with Crippen LogP contribution in [-0.2, 0) is 6.18 Å². The fourth-order valence-electron chi connectivity index (χ4n) is 2.33. The average Bonchev–Trinajstić information content (AvgIpc) is 3.13. The first-order valence-corrected chi connectivity index (χ1v) is 9.34. The van der Waals surface area contributed by atoms with E-state index in [0.717, 1.165) is 12.1 Å². The molecule has 3 nitrogen and oxygen atoms in total. The van der Waals surface area contributed by atoms with E-state index in [2.05, 4.69) is 5.10 Å². The molecule has 0 radical (unpaired) electrons. The maximum atomic E-state index is 13.7. The summed E-state index contributed by atoms with van der Waals surface area (Å²) in [5.74, 6) is 0.247. The SMILES string of the molecule is FC(Cl)(Cl)Sc1cnn(-c2c(Cl)cc(C(F)(F)F)cc2Cl)c1-n1cccc1. The van der Waals surface area contributed by atoms with E-state index in [9.17, 15) is 17.6 Å². The highest BCUT2D eigenvalue weighted by Gasteiger charge is 2.33.